The highest BCUT2D eigenvalue weighted by Gasteiger charge is 2.09. The van der Waals surface area contributed by atoms with Crippen LogP contribution in [0.1, 0.15) is 18.6 Å². The van der Waals surface area contributed by atoms with Gasteiger partial charge in [0.2, 0.25) is 0 Å². The van der Waals surface area contributed by atoms with E-state index in [4.69, 9.17) is 0 Å². The van der Waals surface area contributed by atoms with E-state index in [0.717, 1.165) is 16.7 Å². The summed E-state index contributed by atoms with van der Waals surface area (Å²) >= 11 is 1.72. The van der Waals surface area contributed by atoms with Crippen LogP contribution in [0.25, 0.3) is 11.1 Å². The van der Waals surface area contributed by atoms with Crippen molar-refractivity contribution in [1.29, 1.82) is 0 Å². The Morgan fingerprint density at radius 1 is 1.18 bits per heavy atom. The largest absolute Gasteiger partial charge is 0.389 e. The van der Waals surface area contributed by atoms with Gasteiger partial charge < -0.3 is 5.11 Å². The predicted octanol–water partition coefficient (Wildman–Crippen LogP) is 3.52. The van der Waals surface area contributed by atoms with Gasteiger partial charge in [0.25, 0.3) is 0 Å². The molecule has 0 saturated carbocycles. The van der Waals surface area contributed by atoms with Crippen LogP contribution in [0.15, 0.2) is 47.6 Å². The molecule has 1 heterocycles. The lowest BCUT2D eigenvalue weighted by atomic mass is 9.99. The van der Waals surface area contributed by atoms with E-state index in [1.165, 1.54) is 4.90 Å². The zero-order valence-corrected chi connectivity index (χ0v) is 10.7. The highest BCUT2D eigenvalue weighted by molar-refractivity contribution is 7.98. The molecule has 0 spiro atoms. The first-order valence-corrected chi connectivity index (χ1v) is 6.71. The summed E-state index contributed by atoms with van der Waals surface area (Å²) in [5, 5.41) is 9.73. The number of hydrogen-bond acceptors (Lipinski definition) is 3. The van der Waals surface area contributed by atoms with Gasteiger partial charge in [0, 0.05) is 22.9 Å². The van der Waals surface area contributed by atoms with Crippen molar-refractivity contribution in [3.63, 3.8) is 0 Å². The highest BCUT2D eigenvalue weighted by Crippen LogP contribution is 2.28. The normalized spacial score (nSPS) is 12.4. The van der Waals surface area contributed by atoms with E-state index in [1.807, 2.05) is 6.07 Å². The molecule has 1 unspecified atom stereocenters. The third kappa shape index (κ3) is 2.68. The molecular weight excluding hydrogens is 230 g/mol. The van der Waals surface area contributed by atoms with E-state index in [2.05, 4.69) is 35.5 Å². The van der Waals surface area contributed by atoms with Crippen LogP contribution in [0.5, 0.6) is 0 Å². The first-order chi connectivity index (χ1) is 8.22. The van der Waals surface area contributed by atoms with Crippen LogP contribution >= 0.6 is 11.8 Å². The summed E-state index contributed by atoms with van der Waals surface area (Å²) in [5.41, 5.74) is 3.00. The summed E-state index contributed by atoms with van der Waals surface area (Å²) in [4.78, 5) is 5.36. The van der Waals surface area contributed by atoms with Gasteiger partial charge in [0.15, 0.2) is 0 Å². The van der Waals surface area contributed by atoms with Gasteiger partial charge >= 0.3 is 0 Å². The van der Waals surface area contributed by atoms with E-state index in [9.17, 15) is 5.11 Å². The van der Waals surface area contributed by atoms with Gasteiger partial charge in [-0.05, 0) is 42.5 Å². The van der Waals surface area contributed by atoms with Crippen molar-refractivity contribution in [1.82, 2.24) is 4.98 Å². The Balaban J connectivity index is 2.45. The fourth-order valence-electron chi connectivity index (χ4n) is 1.78. The minimum absolute atomic E-state index is 0.478. The summed E-state index contributed by atoms with van der Waals surface area (Å²) in [7, 11) is 0. The van der Waals surface area contributed by atoms with Gasteiger partial charge in [-0.2, -0.15) is 0 Å². The Hall–Kier alpha value is -1.32. The Morgan fingerprint density at radius 3 is 2.47 bits per heavy atom. The van der Waals surface area contributed by atoms with Crippen molar-refractivity contribution in [3.8, 4) is 11.1 Å². The number of aliphatic hydroxyl groups is 1. The van der Waals surface area contributed by atoms with E-state index < -0.39 is 6.10 Å². The standard InChI is InChI=1S/C14H15NOS/c1-10(16)13-7-8-15-9-14(13)11-3-5-12(17-2)6-4-11/h3-10,16H,1-2H3. The van der Waals surface area contributed by atoms with Crippen molar-refractivity contribution in [2.75, 3.05) is 6.26 Å². The molecule has 0 aliphatic heterocycles. The molecule has 0 bridgehead atoms. The molecular formula is C14H15NOS. The third-order valence-corrected chi connectivity index (χ3v) is 3.45. The third-order valence-electron chi connectivity index (χ3n) is 2.71. The zero-order chi connectivity index (χ0) is 12.3. The second-order valence-electron chi connectivity index (χ2n) is 3.87. The van der Waals surface area contributed by atoms with Crippen molar-refractivity contribution in [2.45, 2.75) is 17.9 Å². The van der Waals surface area contributed by atoms with Gasteiger partial charge in [-0.1, -0.05) is 12.1 Å². The first kappa shape index (κ1) is 12.1. The fourth-order valence-corrected chi connectivity index (χ4v) is 2.19. The Kier molecular flexibility index (Phi) is 3.82. The van der Waals surface area contributed by atoms with Gasteiger partial charge in [-0.25, -0.2) is 0 Å². The van der Waals surface area contributed by atoms with Crippen LogP contribution in [0.3, 0.4) is 0 Å². The van der Waals surface area contributed by atoms with Crippen molar-refractivity contribution in [2.24, 2.45) is 0 Å². The lowest BCUT2D eigenvalue weighted by Crippen LogP contribution is -1.95. The van der Waals surface area contributed by atoms with Gasteiger partial charge in [0.05, 0.1) is 6.10 Å². The Morgan fingerprint density at radius 2 is 1.88 bits per heavy atom. The molecule has 0 aliphatic rings. The maximum absolute atomic E-state index is 9.73. The van der Waals surface area contributed by atoms with E-state index in [0.29, 0.717) is 0 Å². The lowest BCUT2D eigenvalue weighted by Gasteiger charge is -2.11. The van der Waals surface area contributed by atoms with Gasteiger partial charge in [-0.3, -0.25) is 4.98 Å². The summed E-state index contributed by atoms with van der Waals surface area (Å²) in [6.07, 6.45) is 5.09. The van der Waals surface area contributed by atoms with Crippen LogP contribution in [0, 0.1) is 0 Å². The zero-order valence-electron chi connectivity index (χ0n) is 9.92. The smallest absolute Gasteiger partial charge is 0.0769 e. The second-order valence-corrected chi connectivity index (χ2v) is 4.75. The van der Waals surface area contributed by atoms with E-state index in [-0.39, 0.29) is 0 Å². The summed E-state index contributed by atoms with van der Waals surface area (Å²) in [5.74, 6) is 0. The number of nitrogens with zero attached hydrogens (tertiary/aromatic N) is 1. The summed E-state index contributed by atoms with van der Waals surface area (Å²) in [6.45, 7) is 1.77. The molecule has 1 aromatic carbocycles. The van der Waals surface area contributed by atoms with E-state index >= 15 is 0 Å². The van der Waals surface area contributed by atoms with Crippen molar-refractivity contribution >= 4 is 11.8 Å². The molecule has 2 nitrogen and oxygen atoms in total. The molecule has 88 valence electrons. The SMILES string of the molecule is CSc1ccc(-c2cnccc2C(C)O)cc1. The number of aromatic nitrogens is 1. The molecule has 0 amide bonds. The van der Waals surface area contributed by atoms with Gasteiger partial charge in [-0.15, -0.1) is 11.8 Å². The molecule has 2 aromatic rings. The molecule has 0 aliphatic carbocycles. The summed E-state index contributed by atoms with van der Waals surface area (Å²) in [6, 6.07) is 10.2. The molecule has 1 aromatic heterocycles. The maximum atomic E-state index is 9.73. The van der Waals surface area contributed by atoms with Crippen molar-refractivity contribution in [3.05, 3.63) is 48.3 Å². The molecule has 0 fully saturated rings. The lowest BCUT2D eigenvalue weighted by molar-refractivity contribution is 0.200. The first-order valence-electron chi connectivity index (χ1n) is 5.49. The van der Waals surface area contributed by atoms with Crippen LogP contribution in [-0.4, -0.2) is 16.3 Å². The average molecular weight is 245 g/mol. The number of benzene rings is 1. The Bertz CT molecular complexity index is 494. The molecule has 1 atom stereocenters. The summed E-state index contributed by atoms with van der Waals surface area (Å²) < 4.78 is 0. The highest BCUT2D eigenvalue weighted by atomic mass is 32.2. The quantitative estimate of drug-likeness (QED) is 0.840. The van der Waals surface area contributed by atoms with E-state index in [1.54, 1.807) is 31.1 Å². The molecule has 2 rings (SSSR count). The monoisotopic (exact) mass is 245 g/mol. The molecule has 3 heteroatoms. The van der Waals surface area contributed by atoms with Crippen LogP contribution in [0.4, 0.5) is 0 Å². The van der Waals surface area contributed by atoms with Crippen LogP contribution in [-0.2, 0) is 0 Å². The van der Waals surface area contributed by atoms with Crippen molar-refractivity contribution < 1.29 is 5.11 Å². The minimum Gasteiger partial charge on any atom is -0.389 e. The number of hydrogen-bond donors (Lipinski definition) is 1. The number of rotatable bonds is 3. The average Bonchev–Trinajstić information content (AvgIpc) is 2.39. The minimum atomic E-state index is -0.478. The molecule has 0 saturated heterocycles. The fraction of sp³-hybridized carbons (Fsp3) is 0.214. The predicted molar refractivity (Wildman–Crippen MR) is 72.1 cm³/mol. The van der Waals surface area contributed by atoms with Crippen LogP contribution < -0.4 is 0 Å². The number of pyridine rings is 1. The van der Waals surface area contributed by atoms with Crippen LogP contribution in [0.2, 0.25) is 0 Å². The second kappa shape index (κ2) is 5.34. The molecule has 0 radical (unpaired) electrons. The Labute approximate surface area is 106 Å². The topological polar surface area (TPSA) is 33.1 Å². The number of thioether (sulfide) groups is 1. The molecule has 17 heavy (non-hydrogen) atoms. The molecule has 1 N–H and O–H groups in total. The van der Waals surface area contributed by atoms with Gasteiger partial charge in [0.1, 0.15) is 0 Å². The number of aliphatic hydroxyl groups excluding tert-OH is 1. The maximum Gasteiger partial charge on any atom is 0.0769 e.